The fourth-order valence-electron chi connectivity index (χ4n) is 6.27. The lowest BCUT2D eigenvalue weighted by atomic mass is 9.84. The number of benzene rings is 2. The molecule has 2 aliphatic rings. The summed E-state index contributed by atoms with van der Waals surface area (Å²) in [6, 6.07) is 12.8. The zero-order valence-corrected chi connectivity index (χ0v) is 28.0. The molecular formula is C35H43ClFN7O. The highest BCUT2D eigenvalue weighted by Crippen LogP contribution is 2.43. The van der Waals surface area contributed by atoms with E-state index in [1.165, 1.54) is 17.7 Å². The summed E-state index contributed by atoms with van der Waals surface area (Å²) in [5, 5.41) is 0.277. The van der Waals surface area contributed by atoms with Crippen molar-refractivity contribution in [2.45, 2.75) is 58.7 Å². The predicted molar refractivity (Wildman–Crippen MR) is 183 cm³/mol. The number of halogens is 2. The average molecular weight is 632 g/mol. The van der Waals surface area contributed by atoms with Gasteiger partial charge < -0.3 is 25.3 Å². The largest absolute Gasteiger partial charge is 0.398 e. The SMILES string of the molecule is C=CC(=O)N1C[C@H](C)N(C2=NCN(c3ccc(CN(C)C)cc3C(C)(C)C)c3nc(-c4c(N)cccc4F)c(Cl)cc32)C[C@H]1C. The minimum atomic E-state index is -0.491. The van der Waals surface area contributed by atoms with Gasteiger partial charge in [-0.1, -0.05) is 57.2 Å². The molecule has 10 heteroatoms. The predicted octanol–water partition coefficient (Wildman–Crippen LogP) is 6.45. The normalized spacial score (nSPS) is 18.6. The number of fused-ring (bicyclic) bond motifs is 1. The number of nitrogen functional groups attached to an aromatic ring is 1. The maximum atomic E-state index is 15.3. The molecule has 2 atom stereocenters. The van der Waals surface area contributed by atoms with Crippen LogP contribution in [0, 0.1) is 5.82 Å². The number of pyridine rings is 1. The third-order valence-electron chi connectivity index (χ3n) is 8.47. The minimum Gasteiger partial charge on any atom is -0.398 e. The molecule has 45 heavy (non-hydrogen) atoms. The molecule has 2 N–H and O–H groups in total. The molecule has 0 bridgehead atoms. The quantitative estimate of drug-likeness (QED) is 0.258. The van der Waals surface area contributed by atoms with Crippen LogP contribution < -0.4 is 10.6 Å². The Morgan fingerprint density at radius 2 is 1.89 bits per heavy atom. The van der Waals surface area contributed by atoms with Crippen molar-refractivity contribution in [3.8, 4) is 11.3 Å². The van der Waals surface area contributed by atoms with Crippen molar-refractivity contribution < 1.29 is 9.18 Å². The molecule has 1 aromatic heterocycles. The number of aliphatic imine (C=N–C) groups is 1. The smallest absolute Gasteiger partial charge is 0.246 e. The Labute approximate surface area is 271 Å². The average Bonchev–Trinajstić information content (AvgIpc) is 2.97. The number of piperazine rings is 1. The Morgan fingerprint density at radius 3 is 2.53 bits per heavy atom. The van der Waals surface area contributed by atoms with Crippen molar-refractivity contribution >= 4 is 40.5 Å². The highest BCUT2D eigenvalue weighted by molar-refractivity contribution is 6.34. The molecule has 8 nitrogen and oxygen atoms in total. The molecule has 1 fully saturated rings. The molecule has 2 aliphatic heterocycles. The molecule has 1 amide bonds. The summed E-state index contributed by atoms with van der Waals surface area (Å²) in [6.45, 7) is 16.6. The molecule has 2 aromatic carbocycles. The standard InChI is InChI=1S/C35H43ClFN7O/c1-9-30(45)42-17-22(3)43(18-21(42)2)33-24-16-26(36)32(31-27(37)11-10-12-28(31)38)40-34(24)44(20-39-33)29-14-13-23(19-41(7)8)15-25(29)35(4,5)6/h9-16,21-22H,1,17-20,38H2,2-8H3/t21-,22+/m1/s1. The van der Waals surface area contributed by atoms with Crippen LogP contribution in [0.5, 0.6) is 0 Å². The van der Waals surface area contributed by atoms with Gasteiger partial charge >= 0.3 is 0 Å². The van der Waals surface area contributed by atoms with Gasteiger partial charge in [-0.05, 0) is 74.8 Å². The van der Waals surface area contributed by atoms with Crippen molar-refractivity contribution in [2.24, 2.45) is 4.99 Å². The lowest BCUT2D eigenvalue weighted by Gasteiger charge is -2.46. The summed E-state index contributed by atoms with van der Waals surface area (Å²) < 4.78 is 15.3. The van der Waals surface area contributed by atoms with Crippen LogP contribution in [0.15, 0.2) is 60.1 Å². The second-order valence-corrected chi connectivity index (χ2v) is 13.7. The van der Waals surface area contributed by atoms with Crippen molar-refractivity contribution in [3.05, 3.63) is 82.6 Å². The van der Waals surface area contributed by atoms with Gasteiger partial charge in [0.05, 0.1) is 21.8 Å². The van der Waals surface area contributed by atoms with E-state index in [0.29, 0.717) is 25.6 Å². The van der Waals surface area contributed by atoms with Gasteiger partial charge in [-0.2, -0.15) is 0 Å². The number of nitrogens with two attached hydrogens (primary N) is 1. The molecule has 0 saturated carbocycles. The second kappa shape index (κ2) is 12.4. The van der Waals surface area contributed by atoms with Gasteiger partial charge in [0.25, 0.3) is 0 Å². The van der Waals surface area contributed by atoms with Crippen LogP contribution in [-0.4, -0.2) is 77.4 Å². The van der Waals surface area contributed by atoms with E-state index in [-0.39, 0.29) is 45.4 Å². The van der Waals surface area contributed by atoms with Gasteiger partial charge in [-0.15, -0.1) is 0 Å². The molecule has 3 heterocycles. The van der Waals surface area contributed by atoms with Crippen LogP contribution in [0.25, 0.3) is 11.3 Å². The van der Waals surface area contributed by atoms with Crippen LogP contribution in [-0.2, 0) is 16.8 Å². The summed E-state index contributed by atoms with van der Waals surface area (Å²) >= 11 is 6.91. The summed E-state index contributed by atoms with van der Waals surface area (Å²) in [7, 11) is 4.11. The van der Waals surface area contributed by atoms with E-state index in [9.17, 15) is 4.79 Å². The third-order valence-corrected chi connectivity index (χ3v) is 8.76. The van der Waals surface area contributed by atoms with Crippen molar-refractivity contribution in [3.63, 3.8) is 0 Å². The number of nitrogens with zero attached hydrogens (tertiary/aromatic N) is 6. The van der Waals surface area contributed by atoms with Gasteiger partial charge in [0.1, 0.15) is 24.1 Å². The number of carbonyl (C=O) groups excluding carboxylic acids is 1. The van der Waals surface area contributed by atoms with Crippen molar-refractivity contribution in [1.82, 2.24) is 19.7 Å². The molecule has 238 valence electrons. The Hall–Kier alpha value is -3.95. The summed E-state index contributed by atoms with van der Waals surface area (Å²) in [5.41, 5.74) is 10.9. The lowest BCUT2D eigenvalue weighted by Crippen LogP contribution is -2.59. The van der Waals surface area contributed by atoms with E-state index in [0.717, 1.165) is 29.2 Å². The van der Waals surface area contributed by atoms with Crippen LogP contribution in [0.1, 0.15) is 51.3 Å². The van der Waals surface area contributed by atoms with Gasteiger partial charge in [-0.25, -0.2) is 14.4 Å². The number of carbonyl (C=O) groups is 1. The maximum Gasteiger partial charge on any atom is 0.246 e. The number of rotatable bonds is 5. The number of aromatic nitrogens is 1. The lowest BCUT2D eigenvalue weighted by molar-refractivity contribution is -0.130. The molecule has 1 saturated heterocycles. The number of hydrogen-bond acceptors (Lipinski definition) is 7. The molecule has 0 unspecified atom stereocenters. The summed E-state index contributed by atoms with van der Waals surface area (Å²) in [5.74, 6) is 0.789. The van der Waals surface area contributed by atoms with Crippen LogP contribution in [0.4, 0.5) is 21.6 Å². The van der Waals surface area contributed by atoms with Gasteiger partial charge in [0.15, 0.2) is 0 Å². The molecule has 0 spiro atoms. The minimum absolute atomic E-state index is 0.0284. The first-order valence-corrected chi connectivity index (χ1v) is 15.6. The van der Waals surface area contributed by atoms with Gasteiger partial charge in [-0.3, -0.25) is 4.79 Å². The third kappa shape index (κ3) is 6.29. The Balaban J connectivity index is 1.69. The molecule has 0 aliphatic carbocycles. The number of amides is 1. The Kier molecular flexibility index (Phi) is 8.97. The highest BCUT2D eigenvalue weighted by atomic mass is 35.5. The van der Waals surface area contributed by atoms with Gasteiger partial charge in [0, 0.05) is 43.1 Å². The van der Waals surface area contributed by atoms with Crippen molar-refractivity contribution in [2.75, 3.05) is 44.5 Å². The van der Waals surface area contributed by atoms with Gasteiger partial charge in [0.2, 0.25) is 5.91 Å². The first-order chi connectivity index (χ1) is 21.2. The van der Waals surface area contributed by atoms with E-state index in [1.54, 1.807) is 12.1 Å². The van der Waals surface area contributed by atoms with E-state index in [1.807, 2.05) is 17.9 Å². The topological polar surface area (TPSA) is 81.3 Å². The summed E-state index contributed by atoms with van der Waals surface area (Å²) in [6.07, 6.45) is 1.36. The first kappa shape index (κ1) is 32.4. The molecule has 5 rings (SSSR count). The zero-order chi connectivity index (χ0) is 32.8. The number of hydrogen-bond donors (Lipinski definition) is 1. The van der Waals surface area contributed by atoms with E-state index in [4.69, 9.17) is 27.3 Å². The molecular weight excluding hydrogens is 589 g/mol. The monoisotopic (exact) mass is 631 g/mol. The Bertz CT molecular complexity index is 1640. The molecule has 0 radical (unpaired) electrons. The van der Waals surface area contributed by atoms with Crippen molar-refractivity contribution in [1.29, 1.82) is 0 Å². The van der Waals surface area contributed by atoms with Crippen LogP contribution in [0.3, 0.4) is 0 Å². The van der Waals surface area contributed by atoms with E-state index < -0.39 is 5.82 Å². The first-order valence-electron chi connectivity index (χ1n) is 15.3. The summed E-state index contributed by atoms with van der Waals surface area (Å²) in [4.78, 5) is 31.1. The zero-order valence-electron chi connectivity index (χ0n) is 27.2. The highest BCUT2D eigenvalue weighted by Gasteiger charge is 2.37. The van der Waals surface area contributed by atoms with E-state index >= 15 is 4.39 Å². The number of amidine groups is 1. The van der Waals surface area contributed by atoms with E-state index in [2.05, 4.69) is 81.3 Å². The van der Waals surface area contributed by atoms with Crippen LogP contribution >= 0.6 is 11.6 Å². The van der Waals surface area contributed by atoms with Crippen LogP contribution in [0.2, 0.25) is 5.02 Å². The maximum absolute atomic E-state index is 15.3. The fourth-order valence-corrected chi connectivity index (χ4v) is 6.52. The number of anilines is 3. The molecule has 3 aromatic rings. The Morgan fingerprint density at radius 1 is 1.16 bits per heavy atom. The fraction of sp³-hybridized carbons (Fsp3) is 0.400. The second-order valence-electron chi connectivity index (χ2n) is 13.3.